The maximum atomic E-state index is 12.0. The molecule has 0 radical (unpaired) electrons. The summed E-state index contributed by atoms with van der Waals surface area (Å²) in [5.41, 5.74) is -0.131. The number of hydrogen-bond acceptors (Lipinski definition) is 3. The number of nitrogens with one attached hydrogen (secondary N) is 1. The summed E-state index contributed by atoms with van der Waals surface area (Å²) >= 11 is 0. The molecule has 0 aromatic heterocycles. The number of carbonyl (C=O) groups is 1. The molecule has 1 rings (SSSR count). The van der Waals surface area contributed by atoms with Gasteiger partial charge in [0.2, 0.25) is 0 Å². The molecule has 0 aromatic carbocycles. The number of alkyl carbamates (subject to hydrolysis) is 1. The Morgan fingerprint density at radius 1 is 1.27 bits per heavy atom. The third kappa shape index (κ3) is 9.61. The lowest BCUT2D eigenvalue weighted by molar-refractivity contribution is 0.0498. The minimum atomic E-state index is -0.445. The van der Waals surface area contributed by atoms with Crippen LogP contribution in [0.25, 0.3) is 0 Å². The molecule has 1 aliphatic rings. The van der Waals surface area contributed by atoms with E-state index in [0.29, 0.717) is 24.0 Å². The van der Waals surface area contributed by atoms with Gasteiger partial charge in [-0.3, -0.25) is 4.90 Å². The summed E-state index contributed by atoms with van der Waals surface area (Å²) < 4.78 is 5.39. The van der Waals surface area contributed by atoms with E-state index in [1.165, 1.54) is 32.1 Å². The number of amides is 1. The van der Waals surface area contributed by atoms with Crippen molar-refractivity contribution in [1.29, 1.82) is 0 Å². The highest BCUT2D eigenvalue weighted by Gasteiger charge is 2.33. The highest BCUT2D eigenvalue weighted by Crippen LogP contribution is 2.31. The van der Waals surface area contributed by atoms with E-state index < -0.39 is 5.60 Å². The van der Waals surface area contributed by atoms with Gasteiger partial charge in [-0.05, 0) is 71.3 Å². The van der Waals surface area contributed by atoms with Crippen LogP contribution in [0.3, 0.4) is 0 Å². The summed E-state index contributed by atoms with van der Waals surface area (Å²) in [4.78, 5) is 14.7. The van der Waals surface area contributed by atoms with E-state index in [-0.39, 0.29) is 6.09 Å². The van der Waals surface area contributed by atoms with Crippen LogP contribution in [0, 0.1) is 5.41 Å². The summed E-state index contributed by atoms with van der Waals surface area (Å²) in [5.74, 6) is 0. The number of hydrogen-bond donors (Lipinski definition) is 1. The monoisotopic (exact) mass is 366 g/mol. The van der Waals surface area contributed by atoms with Gasteiger partial charge in [-0.25, -0.2) is 4.79 Å². The third-order valence-electron chi connectivity index (χ3n) is 4.82. The van der Waals surface area contributed by atoms with Crippen LogP contribution in [0.1, 0.15) is 86.5 Å². The summed E-state index contributed by atoms with van der Waals surface area (Å²) in [6, 6.07) is 1.02. The zero-order valence-electron chi connectivity index (χ0n) is 18.1. The Hall–Kier alpha value is -1.03. The van der Waals surface area contributed by atoms with E-state index in [0.717, 1.165) is 19.4 Å². The lowest BCUT2D eigenvalue weighted by Gasteiger charge is -2.37. The Morgan fingerprint density at radius 3 is 2.54 bits per heavy atom. The van der Waals surface area contributed by atoms with Gasteiger partial charge >= 0.3 is 6.09 Å². The second-order valence-electron chi connectivity index (χ2n) is 9.91. The Kier molecular flexibility index (Phi) is 9.15. The van der Waals surface area contributed by atoms with Gasteiger partial charge in [0, 0.05) is 18.6 Å². The minimum absolute atomic E-state index is 0.303. The van der Waals surface area contributed by atoms with Crippen LogP contribution in [0.15, 0.2) is 12.7 Å². The molecule has 0 aliphatic carbocycles. The molecule has 0 bridgehead atoms. The first-order valence-electron chi connectivity index (χ1n) is 10.4. The van der Waals surface area contributed by atoms with Gasteiger partial charge in [0.25, 0.3) is 0 Å². The first-order valence-corrected chi connectivity index (χ1v) is 10.4. The molecule has 1 heterocycles. The largest absolute Gasteiger partial charge is 0.444 e. The lowest BCUT2D eigenvalue weighted by Crippen LogP contribution is -2.47. The molecule has 4 heteroatoms. The summed E-state index contributed by atoms with van der Waals surface area (Å²) in [6.45, 7) is 18.3. The smallest absolute Gasteiger partial charge is 0.407 e. The molecule has 4 nitrogen and oxygen atoms in total. The molecular formula is C22H42N2O2. The molecule has 1 fully saturated rings. The molecular weight excluding hydrogens is 324 g/mol. The van der Waals surface area contributed by atoms with Crippen molar-refractivity contribution in [3.63, 3.8) is 0 Å². The number of ether oxygens (including phenoxy) is 1. The third-order valence-corrected chi connectivity index (χ3v) is 4.82. The highest BCUT2D eigenvalue weighted by atomic mass is 16.6. The SMILES string of the molecule is C=CCCCC[C@@H](CC(C)(C)C)N1CCC[C@H]1CNC(=O)OC(C)(C)C. The van der Waals surface area contributed by atoms with Crippen LogP contribution in [-0.4, -0.2) is 41.8 Å². The first kappa shape index (κ1) is 23.0. The lowest BCUT2D eigenvalue weighted by atomic mass is 9.85. The summed E-state index contributed by atoms with van der Waals surface area (Å²) in [7, 11) is 0. The number of unbranched alkanes of at least 4 members (excludes halogenated alkanes) is 2. The van der Waals surface area contributed by atoms with Crippen molar-refractivity contribution in [2.75, 3.05) is 13.1 Å². The van der Waals surface area contributed by atoms with Gasteiger partial charge in [-0.15, -0.1) is 6.58 Å². The zero-order valence-corrected chi connectivity index (χ0v) is 18.1. The second kappa shape index (κ2) is 10.3. The van der Waals surface area contributed by atoms with Crippen LogP contribution in [0.2, 0.25) is 0 Å². The van der Waals surface area contributed by atoms with Crippen molar-refractivity contribution in [1.82, 2.24) is 10.2 Å². The standard InChI is InChI=1S/C22H42N2O2/c1-8-9-10-11-13-18(16-21(2,3)4)24-15-12-14-19(24)17-23-20(25)26-22(5,6)7/h8,18-19H,1,9-17H2,2-7H3,(H,23,25)/t18-,19-/m0/s1. The maximum Gasteiger partial charge on any atom is 0.407 e. The van der Waals surface area contributed by atoms with Crippen molar-refractivity contribution >= 4 is 6.09 Å². The van der Waals surface area contributed by atoms with Crippen molar-refractivity contribution in [3.8, 4) is 0 Å². The predicted molar refractivity (Wildman–Crippen MR) is 110 cm³/mol. The number of likely N-dealkylation sites (tertiary alicyclic amines) is 1. The van der Waals surface area contributed by atoms with Gasteiger partial charge in [0.1, 0.15) is 5.60 Å². The van der Waals surface area contributed by atoms with Crippen LogP contribution in [0.5, 0.6) is 0 Å². The first-order chi connectivity index (χ1) is 12.0. The zero-order chi connectivity index (χ0) is 19.8. The molecule has 0 unspecified atom stereocenters. The topological polar surface area (TPSA) is 41.6 Å². The van der Waals surface area contributed by atoms with Gasteiger partial charge in [-0.2, -0.15) is 0 Å². The summed E-state index contributed by atoms with van der Waals surface area (Å²) in [5, 5.41) is 2.99. The average molecular weight is 367 g/mol. The number of allylic oxidation sites excluding steroid dienone is 1. The maximum absolute atomic E-state index is 12.0. The molecule has 152 valence electrons. The van der Waals surface area contributed by atoms with Crippen molar-refractivity contribution in [2.24, 2.45) is 5.41 Å². The molecule has 1 saturated heterocycles. The van der Waals surface area contributed by atoms with Gasteiger partial charge in [-0.1, -0.05) is 33.3 Å². The average Bonchev–Trinajstić information content (AvgIpc) is 2.94. The van der Waals surface area contributed by atoms with Crippen molar-refractivity contribution < 1.29 is 9.53 Å². The van der Waals surface area contributed by atoms with E-state index in [1.54, 1.807) is 0 Å². The van der Waals surface area contributed by atoms with Gasteiger partial charge in [0.15, 0.2) is 0 Å². The molecule has 1 N–H and O–H groups in total. The van der Waals surface area contributed by atoms with Gasteiger partial charge < -0.3 is 10.1 Å². The normalized spacial score (nSPS) is 20.0. The van der Waals surface area contributed by atoms with E-state index in [2.05, 4.69) is 37.6 Å². The Labute approximate surface area is 161 Å². The van der Waals surface area contributed by atoms with Crippen LogP contribution in [-0.2, 0) is 4.74 Å². The summed E-state index contributed by atoms with van der Waals surface area (Å²) in [6.07, 6.45) is 10.1. The molecule has 0 spiro atoms. The van der Waals surface area contributed by atoms with Crippen LogP contribution in [0.4, 0.5) is 4.79 Å². The number of nitrogens with zero attached hydrogens (tertiary/aromatic N) is 1. The fourth-order valence-corrected chi connectivity index (χ4v) is 3.83. The number of rotatable bonds is 9. The number of carbonyl (C=O) groups excluding carboxylic acids is 1. The quantitative estimate of drug-likeness (QED) is 0.431. The predicted octanol–water partition coefficient (Wildman–Crippen LogP) is 5.53. The molecule has 0 saturated carbocycles. The van der Waals surface area contributed by atoms with Crippen molar-refractivity contribution in [2.45, 2.75) is 104 Å². The Bertz CT molecular complexity index is 434. The fraction of sp³-hybridized carbons (Fsp3) is 0.864. The molecule has 1 aliphatic heterocycles. The minimum Gasteiger partial charge on any atom is -0.444 e. The van der Waals surface area contributed by atoms with E-state index in [9.17, 15) is 4.79 Å². The van der Waals surface area contributed by atoms with E-state index >= 15 is 0 Å². The van der Waals surface area contributed by atoms with E-state index in [1.807, 2.05) is 26.8 Å². The Morgan fingerprint density at radius 2 is 1.96 bits per heavy atom. The van der Waals surface area contributed by atoms with Crippen LogP contribution >= 0.6 is 0 Å². The molecule has 1 amide bonds. The fourth-order valence-electron chi connectivity index (χ4n) is 3.83. The van der Waals surface area contributed by atoms with Crippen molar-refractivity contribution in [3.05, 3.63) is 12.7 Å². The second-order valence-corrected chi connectivity index (χ2v) is 9.91. The van der Waals surface area contributed by atoms with Crippen LogP contribution < -0.4 is 5.32 Å². The molecule has 0 aromatic rings. The van der Waals surface area contributed by atoms with E-state index in [4.69, 9.17) is 4.74 Å². The molecule has 26 heavy (non-hydrogen) atoms. The Balaban J connectivity index is 2.62. The van der Waals surface area contributed by atoms with Gasteiger partial charge in [0.05, 0.1) is 0 Å². The molecule has 2 atom stereocenters. The highest BCUT2D eigenvalue weighted by molar-refractivity contribution is 5.67.